The van der Waals surface area contributed by atoms with Crippen LogP contribution >= 0.6 is 0 Å². The molecule has 0 spiro atoms. The van der Waals surface area contributed by atoms with Crippen molar-refractivity contribution in [2.75, 3.05) is 20.2 Å². The van der Waals surface area contributed by atoms with Crippen LogP contribution in [-0.4, -0.2) is 38.1 Å². The molecule has 0 radical (unpaired) electrons. The van der Waals surface area contributed by atoms with Crippen molar-refractivity contribution in [1.82, 2.24) is 10.6 Å². The summed E-state index contributed by atoms with van der Waals surface area (Å²) in [6.45, 7) is 1.98. The topological polar surface area (TPSA) is 45.6 Å². The quantitative estimate of drug-likeness (QED) is 0.753. The van der Waals surface area contributed by atoms with Gasteiger partial charge in [0.15, 0.2) is 0 Å². The lowest BCUT2D eigenvalue weighted by Crippen LogP contribution is -2.35. The number of benzene rings is 1. The third-order valence-corrected chi connectivity index (χ3v) is 3.14. The van der Waals surface area contributed by atoms with E-state index in [0.717, 1.165) is 30.2 Å². The van der Waals surface area contributed by atoms with Crippen molar-refractivity contribution >= 4 is 5.84 Å². The molecule has 2 N–H and O–H groups in total. The van der Waals surface area contributed by atoms with Crippen molar-refractivity contribution in [2.24, 2.45) is 4.99 Å². The van der Waals surface area contributed by atoms with Gasteiger partial charge >= 0.3 is 0 Å². The average molecular weight is 217 g/mol. The number of amidine groups is 1. The second-order valence-electron chi connectivity index (χ2n) is 4.19. The maximum absolute atomic E-state index is 5.21. The average Bonchev–Trinajstić information content (AvgIpc) is 2.89. The second-order valence-corrected chi connectivity index (χ2v) is 4.19. The molecule has 2 unspecified atom stereocenters. The fourth-order valence-electron chi connectivity index (χ4n) is 2.25. The lowest BCUT2D eigenvalue weighted by Gasteiger charge is -2.09. The Bertz CT molecular complexity index is 430. The van der Waals surface area contributed by atoms with E-state index in [0.29, 0.717) is 12.1 Å². The summed E-state index contributed by atoms with van der Waals surface area (Å²) in [5.41, 5.74) is 1.11. The van der Waals surface area contributed by atoms with Gasteiger partial charge in [-0.25, -0.2) is 0 Å². The van der Waals surface area contributed by atoms with E-state index in [9.17, 15) is 0 Å². The summed E-state index contributed by atoms with van der Waals surface area (Å²) in [4.78, 5) is 4.68. The van der Waals surface area contributed by atoms with Gasteiger partial charge in [-0.1, -0.05) is 12.1 Å². The number of nitrogens with one attached hydrogen (secondary N) is 2. The van der Waals surface area contributed by atoms with Crippen LogP contribution in [0.1, 0.15) is 5.56 Å². The maximum Gasteiger partial charge on any atom is 0.129 e. The Hall–Kier alpha value is -1.55. The highest BCUT2D eigenvalue weighted by molar-refractivity contribution is 6.00. The van der Waals surface area contributed by atoms with Crippen LogP contribution in [0.2, 0.25) is 0 Å². The molecule has 1 saturated heterocycles. The van der Waals surface area contributed by atoms with E-state index in [1.807, 2.05) is 18.2 Å². The summed E-state index contributed by atoms with van der Waals surface area (Å²) in [5, 5.41) is 6.78. The highest BCUT2D eigenvalue weighted by atomic mass is 16.5. The molecule has 0 aliphatic carbocycles. The number of rotatable bonds is 2. The fourth-order valence-corrected chi connectivity index (χ4v) is 2.25. The van der Waals surface area contributed by atoms with Gasteiger partial charge in [-0.05, 0) is 12.1 Å². The number of methoxy groups -OCH3 is 1. The Morgan fingerprint density at radius 2 is 2.31 bits per heavy atom. The smallest absolute Gasteiger partial charge is 0.129 e. The van der Waals surface area contributed by atoms with Crippen molar-refractivity contribution < 1.29 is 4.74 Å². The number of fused-ring (bicyclic) bond motifs is 1. The molecule has 1 aromatic rings. The lowest BCUT2D eigenvalue weighted by atomic mass is 10.2. The molecule has 3 rings (SSSR count). The predicted molar refractivity (Wildman–Crippen MR) is 63.1 cm³/mol. The van der Waals surface area contributed by atoms with E-state index >= 15 is 0 Å². The third kappa shape index (κ3) is 1.55. The normalized spacial score (nSPS) is 27.2. The van der Waals surface area contributed by atoms with Crippen LogP contribution in [0.5, 0.6) is 5.75 Å². The van der Waals surface area contributed by atoms with Crippen LogP contribution in [-0.2, 0) is 0 Å². The molecule has 2 aliphatic rings. The summed E-state index contributed by atoms with van der Waals surface area (Å²) in [5.74, 6) is 1.87. The van der Waals surface area contributed by atoms with Gasteiger partial charge in [-0.2, -0.15) is 0 Å². The summed E-state index contributed by atoms with van der Waals surface area (Å²) < 4.78 is 5.21. The first-order valence-corrected chi connectivity index (χ1v) is 5.56. The van der Waals surface area contributed by atoms with Gasteiger partial charge in [0.25, 0.3) is 0 Å². The highest BCUT2D eigenvalue weighted by Gasteiger charge is 2.32. The highest BCUT2D eigenvalue weighted by Crippen LogP contribution is 2.18. The van der Waals surface area contributed by atoms with Crippen molar-refractivity contribution in [3.05, 3.63) is 29.8 Å². The third-order valence-electron chi connectivity index (χ3n) is 3.14. The number of hydrogen-bond acceptors (Lipinski definition) is 4. The molecule has 0 bridgehead atoms. The number of ether oxygens (including phenoxy) is 1. The van der Waals surface area contributed by atoms with Crippen molar-refractivity contribution in [3.8, 4) is 5.75 Å². The molecule has 2 heterocycles. The first-order valence-electron chi connectivity index (χ1n) is 5.56. The molecule has 16 heavy (non-hydrogen) atoms. The molecular weight excluding hydrogens is 202 g/mol. The molecule has 0 aromatic heterocycles. The minimum Gasteiger partial charge on any atom is -0.497 e. The minimum absolute atomic E-state index is 0.390. The van der Waals surface area contributed by atoms with Crippen molar-refractivity contribution in [1.29, 1.82) is 0 Å². The number of nitrogens with zero attached hydrogens (tertiary/aromatic N) is 1. The minimum atomic E-state index is 0.390. The molecule has 1 aromatic carbocycles. The summed E-state index contributed by atoms with van der Waals surface area (Å²) >= 11 is 0. The molecule has 4 heteroatoms. The van der Waals surface area contributed by atoms with E-state index in [-0.39, 0.29) is 0 Å². The van der Waals surface area contributed by atoms with E-state index in [1.54, 1.807) is 7.11 Å². The van der Waals surface area contributed by atoms with E-state index in [1.165, 1.54) is 0 Å². The maximum atomic E-state index is 5.21. The van der Waals surface area contributed by atoms with Gasteiger partial charge < -0.3 is 15.4 Å². The molecule has 2 aliphatic heterocycles. The van der Waals surface area contributed by atoms with Gasteiger partial charge in [0.2, 0.25) is 0 Å². The molecule has 0 amide bonds. The van der Waals surface area contributed by atoms with Gasteiger partial charge in [-0.15, -0.1) is 0 Å². The fraction of sp³-hybridized carbons (Fsp3) is 0.417. The molecular formula is C12H15N3O. The predicted octanol–water partition coefficient (Wildman–Crippen LogP) is 0.385. The SMILES string of the molecule is COc1cccc(C2=NC3CNCC3N2)c1. The Morgan fingerprint density at radius 3 is 3.12 bits per heavy atom. The Balaban J connectivity index is 1.87. The summed E-state index contributed by atoms with van der Waals surface area (Å²) in [7, 11) is 1.68. The molecule has 0 saturated carbocycles. The van der Waals surface area contributed by atoms with Crippen LogP contribution in [0, 0.1) is 0 Å². The first-order chi connectivity index (χ1) is 7.86. The lowest BCUT2D eigenvalue weighted by molar-refractivity contribution is 0.414. The Kier molecular flexibility index (Phi) is 2.29. The molecule has 2 atom stereocenters. The summed E-state index contributed by atoms with van der Waals surface area (Å²) in [6.07, 6.45) is 0. The monoisotopic (exact) mass is 217 g/mol. The van der Waals surface area contributed by atoms with Crippen LogP contribution in [0.4, 0.5) is 0 Å². The van der Waals surface area contributed by atoms with Crippen LogP contribution in [0.25, 0.3) is 0 Å². The molecule has 84 valence electrons. The van der Waals surface area contributed by atoms with Crippen LogP contribution < -0.4 is 15.4 Å². The van der Waals surface area contributed by atoms with Gasteiger partial charge in [0.05, 0.1) is 19.2 Å². The zero-order chi connectivity index (χ0) is 11.0. The van der Waals surface area contributed by atoms with Crippen molar-refractivity contribution in [2.45, 2.75) is 12.1 Å². The number of aliphatic imine (C=N–C) groups is 1. The van der Waals surface area contributed by atoms with Crippen LogP contribution in [0.15, 0.2) is 29.3 Å². The second kappa shape index (κ2) is 3.79. The Labute approximate surface area is 94.7 Å². The standard InChI is InChI=1S/C12H15N3O/c1-16-9-4-2-3-8(5-9)12-14-10-6-13-7-11(10)15-12/h2-5,10-11,13H,6-7H2,1H3,(H,14,15). The Morgan fingerprint density at radius 1 is 1.38 bits per heavy atom. The van der Waals surface area contributed by atoms with Gasteiger partial charge in [-0.3, -0.25) is 4.99 Å². The van der Waals surface area contributed by atoms with Gasteiger partial charge in [0.1, 0.15) is 11.6 Å². The first kappa shape index (κ1) is 9.66. The van der Waals surface area contributed by atoms with E-state index in [2.05, 4.69) is 21.7 Å². The number of hydrogen-bond donors (Lipinski definition) is 2. The van der Waals surface area contributed by atoms with Crippen molar-refractivity contribution in [3.63, 3.8) is 0 Å². The van der Waals surface area contributed by atoms with Crippen LogP contribution in [0.3, 0.4) is 0 Å². The summed E-state index contributed by atoms with van der Waals surface area (Å²) in [6, 6.07) is 8.86. The van der Waals surface area contributed by atoms with E-state index in [4.69, 9.17) is 4.74 Å². The van der Waals surface area contributed by atoms with E-state index < -0.39 is 0 Å². The largest absolute Gasteiger partial charge is 0.497 e. The van der Waals surface area contributed by atoms with Gasteiger partial charge in [0, 0.05) is 18.7 Å². The zero-order valence-electron chi connectivity index (χ0n) is 9.23. The zero-order valence-corrected chi connectivity index (χ0v) is 9.23. The molecule has 4 nitrogen and oxygen atoms in total. The molecule has 1 fully saturated rings.